The monoisotopic (exact) mass is 268 g/mol. The number of para-hydroxylation sites is 1. The van der Waals surface area contributed by atoms with Crippen molar-refractivity contribution in [3.8, 4) is 0 Å². The maximum Gasteiger partial charge on any atom is 0.322 e. The molecule has 0 aromatic heterocycles. The van der Waals surface area contributed by atoms with Crippen LogP contribution < -0.4 is 5.32 Å². The summed E-state index contributed by atoms with van der Waals surface area (Å²) in [6.45, 7) is 9.92. The summed E-state index contributed by atoms with van der Waals surface area (Å²) >= 11 is 6.10. The number of nitrogens with zero attached hydrogens (tertiary/aromatic N) is 1. The zero-order chi connectivity index (χ0) is 13.9. The molecule has 2 amide bonds. The van der Waals surface area contributed by atoms with Crippen molar-refractivity contribution < 1.29 is 4.79 Å². The van der Waals surface area contributed by atoms with Crippen molar-refractivity contribution in [3.63, 3.8) is 0 Å². The van der Waals surface area contributed by atoms with Gasteiger partial charge in [-0.05, 0) is 46.2 Å². The fraction of sp³-hybridized carbons (Fsp3) is 0.500. The summed E-state index contributed by atoms with van der Waals surface area (Å²) in [6.07, 6.45) is 0. The Labute approximate surface area is 114 Å². The highest BCUT2D eigenvalue weighted by molar-refractivity contribution is 6.33. The number of urea groups is 1. The fourth-order valence-corrected chi connectivity index (χ4v) is 2.30. The Kier molecular flexibility index (Phi) is 5.03. The van der Waals surface area contributed by atoms with Crippen LogP contribution in [0.1, 0.15) is 33.3 Å². The third-order valence-corrected chi connectivity index (χ3v) is 3.12. The van der Waals surface area contributed by atoms with E-state index in [-0.39, 0.29) is 18.1 Å². The number of nitrogens with one attached hydrogen (secondary N) is 1. The van der Waals surface area contributed by atoms with Crippen LogP contribution in [0.2, 0.25) is 5.02 Å². The molecule has 100 valence electrons. The Morgan fingerprint density at radius 1 is 1.22 bits per heavy atom. The van der Waals surface area contributed by atoms with Crippen LogP contribution in [0.3, 0.4) is 0 Å². The highest BCUT2D eigenvalue weighted by atomic mass is 35.5. The van der Waals surface area contributed by atoms with Gasteiger partial charge in [0.25, 0.3) is 0 Å². The molecule has 0 saturated carbocycles. The molecule has 4 heteroatoms. The molecule has 0 fully saturated rings. The Morgan fingerprint density at radius 2 is 1.78 bits per heavy atom. The molecular weight excluding hydrogens is 248 g/mol. The molecule has 0 aliphatic carbocycles. The van der Waals surface area contributed by atoms with Gasteiger partial charge in [-0.25, -0.2) is 4.79 Å². The number of carbonyl (C=O) groups excluding carboxylic acids is 1. The lowest BCUT2D eigenvalue weighted by atomic mass is 10.2. The van der Waals surface area contributed by atoms with Gasteiger partial charge < -0.3 is 10.2 Å². The van der Waals surface area contributed by atoms with Crippen LogP contribution in [0.4, 0.5) is 10.5 Å². The van der Waals surface area contributed by atoms with Gasteiger partial charge in [0.05, 0.1) is 10.7 Å². The van der Waals surface area contributed by atoms with Crippen LogP contribution >= 0.6 is 11.6 Å². The van der Waals surface area contributed by atoms with Crippen LogP contribution in [-0.2, 0) is 0 Å². The number of hydrogen-bond donors (Lipinski definition) is 1. The standard InChI is InChI=1S/C14H21ClN2O/c1-9(2)17(10(3)4)14(18)16-13-11(5)7-6-8-12(13)15/h6-10H,1-5H3,(H,16,18). The normalized spacial score (nSPS) is 10.9. The molecule has 18 heavy (non-hydrogen) atoms. The van der Waals surface area contributed by atoms with Crippen LogP contribution in [0, 0.1) is 6.92 Å². The van der Waals surface area contributed by atoms with E-state index in [2.05, 4.69) is 5.32 Å². The van der Waals surface area contributed by atoms with E-state index in [0.717, 1.165) is 5.56 Å². The minimum Gasteiger partial charge on any atom is -0.320 e. The smallest absolute Gasteiger partial charge is 0.320 e. The lowest BCUT2D eigenvalue weighted by molar-refractivity contribution is 0.178. The van der Waals surface area contributed by atoms with Gasteiger partial charge in [-0.15, -0.1) is 0 Å². The van der Waals surface area contributed by atoms with Crippen molar-refractivity contribution in [1.82, 2.24) is 4.90 Å². The summed E-state index contributed by atoms with van der Waals surface area (Å²) in [4.78, 5) is 14.1. The van der Waals surface area contributed by atoms with Crippen molar-refractivity contribution in [3.05, 3.63) is 28.8 Å². The molecule has 0 unspecified atom stereocenters. The van der Waals surface area contributed by atoms with Crippen LogP contribution in [0.25, 0.3) is 0 Å². The van der Waals surface area contributed by atoms with Crippen LogP contribution in [0.5, 0.6) is 0 Å². The Bertz CT molecular complexity index is 402. The van der Waals surface area contributed by atoms with Gasteiger partial charge in [0.15, 0.2) is 0 Å². The summed E-state index contributed by atoms with van der Waals surface area (Å²) in [6, 6.07) is 5.75. The van der Waals surface area contributed by atoms with Crippen molar-refractivity contribution >= 4 is 23.3 Å². The van der Waals surface area contributed by atoms with E-state index in [1.165, 1.54) is 0 Å². The minimum absolute atomic E-state index is 0.115. The average molecular weight is 269 g/mol. The van der Waals surface area contributed by atoms with Gasteiger partial charge in [-0.1, -0.05) is 23.7 Å². The molecule has 1 aromatic rings. The molecule has 0 saturated heterocycles. The first-order valence-electron chi connectivity index (χ1n) is 6.19. The van der Waals surface area contributed by atoms with Gasteiger partial charge in [-0.2, -0.15) is 0 Å². The van der Waals surface area contributed by atoms with Gasteiger partial charge in [0.2, 0.25) is 0 Å². The van der Waals surface area contributed by atoms with E-state index in [1.54, 1.807) is 11.0 Å². The lowest BCUT2D eigenvalue weighted by Crippen LogP contribution is -2.44. The molecule has 0 aliphatic heterocycles. The number of rotatable bonds is 3. The first-order valence-corrected chi connectivity index (χ1v) is 6.56. The topological polar surface area (TPSA) is 32.3 Å². The highest BCUT2D eigenvalue weighted by Gasteiger charge is 2.21. The SMILES string of the molecule is Cc1cccc(Cl)c1NC(=O)N(C(C)C)C(C)C. The maximum absolute atomic E-state index is 12.3. The predicted octanol–water partition coefficient (Wildman–Crippen LogP) is 4.30. The van der Waals surface area contributed by atoms with E-state index >= 15 is 0 Å². The van der Waals surface area contributed by atoms with E-state index in [4.69, 9.17) is 11.6 Å². The van der Waals surface area contributed by atoms with Crippen LogP contribution in [-0.4, -0.2) is 23.0 Å². The number of hydrogen-bond acceptors (Lipinski definition) is 1. The van der Waals surface area contributed by atoms with Gasteiger partial charge in [0, 0.05) is 12.1 Å². The molecule has 1 aromatic carbocycles. The van der Waals surface area contributed by atoms with Crippen molar-refractivity contribution in [2.24, 2.45) is 0 Å². The van der Waals surface area contributed by atoms with Gasteiger partial charge in [0.1, 0.15) is 0 Å². The number of halogens is 1. The number of carbonyl (C=O) groups is 1. The zero-order valence-electron chi connectivity index (χ0n) is 11.6. The van der Waals surface area contributed by atoms with E-state index in [9.17, 15) is 4.79 Å². The molecule has 0 spiro atoms. The third-order valence-electron chi connectivity index (χ3n) is 2.80. The van der Waals surface area contributed by atoms with E-state index < -0.39 is 0 Å². The lowest BCUT2D eigenvalue weighted by Gasteiger charge is -2.31. The molecule has 1 rings (SSSR count). The second-order valence-electron chi connectivity index (χ2n) is 4.96. The zero-order valence-corrected chi connectivity index (χ0v) is 12.4. The van der Waals surface area contributed by atoms with Gasteiger partial charge in [-0.3, -0.25) is 0 Å². The number of amides is 2. The highest BCUT2D eigenvalue weighted by Crippen LogP contribution is 2.25. The van der Waals surface area contributed by atoms with Crippen molar-refractivity contribution in [1.29, 1.82) is 0 Å². The number of anilines is 1. The summed E-state index contributed by atoms with van der Waals surface area (Å²) in [5.74, 6) is 0. The average Bonchev–Trinajstić information content (AvgIpc) is 2.22. The molecular formula is C14H21ClN2O. The Morgan fingerprint density at radius 3 is 2.22 bits per heavy atom. The van der Waals surface area contributed by atoms with E-state index in [1.807, 2.05) is 46.8 Å². The second-order valence-corrected chi connectivity index (χ2v) is 5.36. The summed E-state index contributed by atoms with van der Waals surface area (Å²) in [7, 11) is 0. The first-order chi connectivity index (χ1) is 8.34. The number of benzene rings is 1. The predicted molar refractivity (Wildman–Crippen MR) is 77.3 cm³/mol. The molecule has 1 N–H and O–H groups in total. The number of aryl methyl sites for hydroxylation is 1. The first kappa shape index (κ1) is 14.8. The van der Waals surface area contributed by atoms with Crippen molar-refractivity contribution in [2.45, 2.75) is 46.7 Å². The largest absolute Gasteiger partial charge is 0.322 e. The Balaban J connectivity index is 2.93. The molecule has 0 heterocycles. The maximum atomic E-state index is 12.3. The molecule has 0 aliphatic rings. The van der Waals surface area contributed by atoms with E-state index in [0.29, 0.717) is 10.7 Å². The molecule has 3 nitrogen and oxygen atoms in total. The van der Waals surface area contributed by atoms with Gasteiger partial charge >= 0.3 is 6.03 Å². The second kappa shape index (κ2) is 6.10. The third kappa shape index (κ3) is 3.39. The molecule has 0 atom stereocenters. The summed E-state index contributed by atoms with van der Waals surface area (Å²) in [5.41, 5.74) is 1.65. The summed E-state index contributed by atoms with van der Waals surface area (Å²) < 4.78 is 0. The summed E-state index contributed by atoms with van der Waals surface area (Å²) in [5, 5.41) is 3.46. The van der Waals surface area contributed by atoms with Crippen LogP contribution in [0.15, 0.2) is 18.2 Å². The molecule has 0 bridgehead atoms. The minimum atomic E-state index is -0.115. The van der Waals surface area contributed by atoms with Crippen molar-refractivity contribution in [2.75, 3.05) is 5.32 Å². The quantitative estimate of drug-likeness (QED) is 0.871. The Hall–Kier alpha value is -1.22. The fourth-order valence-electron chi connectivity index (χ4n) is 2.03. The molecule has 0 radical (unpaired) electrons.